The maximum atomic E-state index is 13.9. The number of primary amides is 1. The lowest BCUT2D eigenvalue weighted by atomic mass is 9.58. The molecule has 5 atom stereocenters. The van der Waals surface area contributed by atoms with E-state index < -0.39 is 58.0 Å². The van der Waals surface area contributed by atoms with Gasteiger partial charge in [-0.05, 0) is 57.1 Å². The molecule has 2 saturated carbocycles. The molecule has 4 aliphatic carbocycles. The second-order valence-electron chi connectivity index (χ2n) is 12.5. The van der Waals surface area contributed by atoms with E-state index >= 15 is 0 Å². The number of nitrogens with zero attached hydrogens (tertiary/aromatic N) is 1. The average molecular weight is 582 g/mol. The summed E-state index contributed by atoms with van der Waals surface area (Å²) in [6.07, 6.45) is 9.19. The van der Waals surface area contributed by atoms with E-state index in [1.165, 1.54) is 25.7 Å². The molecular formula is C31H39N3O8. The Morgan fingerprint density at radius 2 is 1.76 bits per heavy atom. The van der Waals surface area contributed by atoms with Crippen LogP contribution in [0.1, 0.15) is 80.5 Å². The monoisotopic (exact) mass is 581 g/mol. The zero-order valence-corrected chi connectivity index (χ0v) is 23.8. The molecule has 11 nitrogen and oxygen atoms in total. The molecule has 0 radical (unpaired) electrons. The lowest BCUT2D eigenvalue weighted by Gasteiger charge is -2.48. The molecule has 1 aromatic rings. The number of phenols is 1. The van der Waals surface area contributed by atoms with E-state index in [1.807, 2.05) is 0 Å². The van der Waals surface area contributed by atoms with Gasteiger partial charge in [0.15, 0.2) is 11.4 Å². The molecule has 3 fully saturated rings. The van der Waals surface area contributed by atoms with Gasteiger partial charge in [0.1, 0.15) is 28.6 Å². The van der Waals surface area contributed by atoms with Crippen LogP contribution < -0.4 is 16.2 Å². The van der Waals surface area contributed by atoms with Gasteiger partial charge in [-0.2, -0.15) is 0 Å². The number of carbonyl (C=O) groups is 3. The number of hydrogen-bond donors (Lipinski definition) is 6. The molecule has 0 unspecified atom stereocenters. The molecule has 1 aliphatic heterocycles. The molecule has 1 saturated heterocycles. The summed E-state index contributed by atoms with van der Waals surface area (Å²) < 4.78 is 5.97. The number of methoxy groups -OCH3 is 1. The fraction of sp³-hybridized carbons (Fsp3) is 0.581. The minimum absolute atomic E-state index is 0.0311. The van der Waals surface area contributed by atoms with Gasteiger partial charge in [-0.15, -0.1) is 0 Å². The molecule has 42 heavy (non-hydrogen) atoms. The SMILES string of the molecule is COc1c([C@@H]2CCCN2C2CCCCCC2)cc(O)c2c1C[C@H]1C[C@H]3[C@H](N)C(=O)C(C(N)=O)=C(O)[C@@]3(O)C(=O)C1=C2O. The van der Waals surface area contributed by atoms with Crippen molar-refractivity contribution in [2.75, 3.05) is 13.7 Å². The first-order valence-corrected chi connectivity index (χ1v) is 14.9. The number of ether oxygens (including phenoxy) is 1. The van der Waals surface area contributed by atoms with Crippen LogP contribution >= 0.6 is 0 Å². The van der Waals surface area contributed by atoms with Gasteiger partial charge in [-0.1, -0.05) is 25.7 Å². The Labute approximate surface area is 243 Å². The average Bonchev–Trinajstić information content (AvgIpc) is 3.28. The van der Waals surface area contributed by atoms with E-state index in [9.17, 15) is 34.8 Å². The first-order valence-electron chi connectivity index (χ1n) is 14.9. The number of rotatable bonds is 4. The molecule has 1 heterocycles. The Kier molecular flexibility index (Phi) is 7.10. The van der Waals surface area contributed by atoms with Crippen molar-refractivity contribution < 1.29 is 39.5 Å². The summed E-state index contributed by atoms with van der Waals surface area (Å²) in [5, 5.41) is 45.2. The fourth-order valence-electron chi connectivity index (χ4n) is 8.43. The van der Waals surface area contributed by atoms with E-state index in [0.29, 0.717) is 17.4 Å². The molecule has 226 valence electrons. The van der Waals surface area contributed by atoms with E-state index in [4.69, 9.17) is 16.2 Å². The van der Waals surface area contributed by atoms with Crippen molar-refractivity contribution in [3.8, 4) is 11.5 Å². The van der Waals surface area contributed by atoms with Gasteiger partial charge in [-0.3, -0.25) is 19.3 Å². The van der Waals surface area contributed by atoms with Gasteiger partial charge in [0.2, 0.25) is 5.78 Å². The number of phenolic OH excluding ortho intramolecular Hbond substituents is 1. The Bertz CT molecular complexity index is 1430. The number of amides is 1. The van der Waals surface area contributed by atoms with E-state index in [-0.39, 0.29) is 35.8 Å². The minimum atomic E-state index is -2.72. The molecular weight excluding hydrogens is 542 g/mol. The lowest BCUT2D eigenvalue weighted by molar-refractivity contribution is -0.149. The third-order valence-electron chi connectivity index (χ3n) is 10.4. The molecule has 0 bridgehead atoms. The predicted molar refractivity (Wildman–Crippen MR) is 151 cm³/mol. The highest BCUT2D eigenvalue weighted by Gasteiger charge is 2.63. The summed E-state index contributed by atoms with van der Waals surface area (Å²) in [5.41, 5.74) is 8.97. The summed E-state index contributed by atoms with van der Waals surface area (Å²) in [6.45, 7) is 0.958. The first kappa shape index (κ1) is 28.7. The number of aliphatic hydroxyl groups is 3. The zero-order valence-electron chi connectivity index (χ0n) is 23.8. The number of ketones is 2. The molecule has 0 aromatic heterocycles. The van der Waals surface area contributed by atoms with Crippen molar-refractivity contribution in [2.45, 2.75) is 87.9 Å². The summed E-state index contributed by atoms with van der Waals surface area (Å²) >= 11 is 0. The number of hydrogen-bond acceptors (Lipinski definition) is 10. The predicted octanol–water partition coefficient (Wildman–Crippen LogP) is 2.23. The van der Waals surface area contributed by atoms with Gasteiger partial charge >= 0.3 is 0 Å². The maximum Gasteiger partial charge on any atom is 0.255 e. The van der Waals surface area contributed by atoms with Crippen LogP contribution in [0.5, 0.6) is 11.5 Å². The summed E-state index contributed by atoms with van der Waals surface area (Å²) in [7, 11) is 1.55. The summed E-state index contributed by atoms with van der Waals surface area (Å²) in [6, 6.07) is 0.615. The van der Waals surface area contributed by atoms with Crippen molar-refractivity contribution in [3.63, 3.8) is 0 Å². The third kappa shape index (κ3) is 4.00. The van der Waals surface area contributed by atoms with Crippen LogP contribution in [0.4, 0.5) is 0 Å². The number of aliphatic hydroxyl groups excluding tert-OH is 2. The number of nitrogens with two attached hydrogens (primary N) is 2. The van der Waals surface area contributed by atoms with Crippen molar-refractivity contribution in [3.05, 3.63) is 39.7 Å². The standard InChI is InChI=1S/C31H39N3O8/c1-42-27-16(19-9-6-10-34(19)15-7-4-2-3-5-8-15)13-20(35)22-17(27)11-14-12-18-24(32)26(37)23(30(33)40)29(39)31(18,41)28(38)21(14)25(22)36/h13-15,18-19,24,35-36,39,41H,2-12,32H2,1H3,(H2,33,40)/t14-,18-,19-,24-,31-/m0/s1. The number of benzene rings is 1. The first-order chi connectivity index (χ1) is 20.0. The normalized spacial score (nSPS) is 32.4. The van der Waals surface area contributed by atoms with Gasteiger partial charge in [0.05, 0.1) is 18.7 Å². The van der Waals surface area contributed by atoms with E-state index in [2.05, 4.69) is 4.90 Å². The highest BCUT2D eigenvalue weighted by Crippen LogP contribution is 2.54. The van der Waals surface area contributed by atoms with Crippen molar-refractivity contribution in [1.29, 1.82) is 0 Å². The fourth-order valence-corrected chi connectivity index (χ4v) is 8.43. The van der Waals surface area contributed by atoms with Crippen LogP contribution in [0.2, 0.25) is 0 Å². The minimum Gasteiger partial charge on any atom is -0.508 e. The van der Waals surface area contributed by atoms with Gasteiger partial charge in [0.25, 0.3) is 5.91 Å². The highest BCUT2D eigenvalue weighted by atomic mass is 16.5. The van der Waals surface area contributed by atoms with Crippen LogP contribution in [0.25, 0.3) is 5.76 Å². The second-order valence-corrected chi connectivity index (χ2v) is 12.5. The smallest absolute Gasteiger partial charge is 0.255 e. The highest BCUT2D eigenvalue weighted by molar-refractivity contribution is 6.24. The largest absolute Gasteiger partial charge is 0.508 e. The zero-order chi connectivity index (χ0) is 30.1. The van der Waals surface area contributed by atoms with Gasteiger partial charge < -0.3 is 36.6 Å². The number of carbonyl (C=O) groups excluding carboxylic acids is 3. The number of likely N-dealkylation sites (tertiary alicyclic amines) is 1. The van der Waals surface area contributed by atoms with Crippen molar-refractivity contribution in [2.24, 2.45) is 23.3 Å². The number of Topliss-reactive ketones (excluding diaryl/α,β-unsaturated/α-hetero) is 2. The number of fused-ring (bicyclic) bond motifs is 3. The molecule has 8 N–H and O–H groups in total. The van der Waals surface area contributed by atoms with Gasteiger partial charge in [-0.25, -0.2) is 0 Å². The molecule has 11 heteroatoms. The third-order valence-corrected chi connectivity index (χ3v) is 10.4. The van der Waals surface area contributed by atoms with Crippen molar-refractivity contribution >= 4 is 23.2 Å². The second kappa shape index (κ2) is 10.4. The molecule has 6 rings (SSSR count). The number of aromatic hydroxyl groups is 1. The van der Waals surface area contributed by atoms with E-state index in [0.717, 1.165) is 37.8 Å². The lowest BCUT2D eigenvalue weighted by Crippen LogP contribution is -2.65. The van der Waals surface area contributed by atoms with Crippen LogP contribution in [0.3, 0.4) is 0 Å². The Morgan fingerprint density at radius 3 is 2.40 bits per heavy atom. The molecule has 0 spiro atoms. The maximum absolute atomic E-state index is 13.9. The Balaban J connectivity index is 1.46. The quantitative estimate of drug-likeness (QED) is 0.227. The molecule has 1 amide bonds. The summed E-state index contributed by atoms with van der Waals surface area (Å²) in [4.78, 5) is 41.2. The van der Waals surface area contributed by atoms with Crippen LogP contribution in [0, 0.1) is 11.8 Å². The van der Waals surface area contributed by atoms with Gasteiger partial charge in [0, 0.05) is 34.7 Å². The summed E-state index contributed by atoms with van der Waals surface area (Å²) in [5.74, 6) is -6.67. The van der Waals surface area contributed by atoms with Crippen molar-refractivity contribution in [1.82, 2.24) is 4.90 Å². The topological polar surface area (TPSA) is 197 Å². The Morgan fingerprint density at radius 1 is 1.07 bits per heavy atom. The molecule has 1 aromatic carbocycles. The molecule has 5 aliphatic rings. The van der Waals surface area contributed by atoms with Crippen LogP contribution in [-0.2, 0) is 20.8 Å². The Hall–Kier alpha value is -3.41. The van der Waals surface area contributed by atoms with Crippen LogP contribution in [0.15, 0.2) is 23.0 Å². The van der Waals surface area contributed by atoms with E-state index in [1.54, 1.807) is 13.2 Å². The van der Waals surface area contributed by atoms with Crippen LogP contribution in [-0.4, -0.2) is 74.1 Å².